The van der Waals surface area contributed by atoms with Gasteiger partial charge in [0.1, 0.15) is 5.75 Å². The van der Waals surface area contributed by atoms with Gasteiger partial charge in [-0.05, 0) is 41.0 Å². The average Bonchev–Trinajstić information content (AvgIpc) is 2.48. The van der Waals surface area contributed by atoms with Crippen molar-refractivity contribution in [2.75, 3.05) is 0 Å². The molecule has 0 aliphatic carbocycles. The molecule has 0 bridgehead atoms. The lowest BCUT2D eigenvalue weighted by atomic mass is 9.78. The van der Waals surface area contributed by atoms with E-state index in [4.69, 9.17) is 5.11 Å². The number of rotatable bonds is 1. The third kappa shape index (κ3) is 5.93. The van der Waals surface area contributed by atoms with E-state index in [0.29, 0.717) is 11.3 Å². The lowest BCUT2D eigenvalue weighted by molar-refractivity contribution is 0.0697. The molecule has 0 heterocycles. The first kappa shape index (κ1) is 20.8. The van der Waals surface area contributed by atoms with Gasteiger partial charge in [0.2, 0.25) is 0 Å². The van der Waals surface area contributed by atoms with Crippen molar-refractivity contribution in [1.82, 2.24) is 0 Å². The second-order valence-corrected chi connectivity index (χ2v) is 8.38. The van der Waals surface area contributed by atoms with E-state index in [2.05, 4.69) is 60.6 Å². The quantitative estimate of drug-likeness (QED) is 0.701. The van der Waals surface area contributed by atoms with Gasteiger partial charge in [0.25, 0.3) is 0 Å². The van der Waals surface area contributed by atoms with Crippen LogP contribution >= 0.6 is 0 Å². The number of phenols is 1. The van der Waals surface area contributed by atoms with Crippen LogP contribution in [0.2, 0.25) is 0 Å². The third-order valence-electron chi connectivity index (χ3n) is 3.89. The van der Waals surface area contributed by atoms with Gasteiger partial charge in [-0.3, -0.25) is 0 Å². The van der Waals surface area contributed by atoms with E-state index in [-0.39, 0.29) is 10.8 Å². The molecule has 0 aliphatic heterocycles. The maximum atomic E-state index is 10.4. The highest BCUT2D eigenvalue weighted by atomic mass is 16.4. The highest BCUT2D eigenvalue weighted by molar-refractivity contribution is 5.87. The number of carboxylic acid groups (broad SMARTS) is 1. The lowest BCUT2D eigenvalue weighted by Crippen LogP contribution is -2.17. The van der Waals surface area contributed by atoms with Crippen LogP contribution in [0.3, 0.4) is 0 Å². The Morgan fingerprint density at radius 3 is 1.52 bits per heavy atom. The minimum Gasteiger partial charge on any atom is -0.507 e. The van der Waals surface area contributed by atoms with Crippen LogP contribution in [0.25, 0.3) is 0 Å². The van der Waals surface area contributed by atoms with Gasteiger partial charge >= 0.3 is 5.97 Å². The first-order valence-electron chi connectivity index (χ1n) is 8.47. The number of aromatic carboxylic acids is 1. The van der Waals surface area contributed by atoms with Gasteiger partial charge in [-0.2, -0.15) is 0 Å². The Labute approximate surface area is 151 Å². The van der Waals surface area contributed by atoms with Gasteiger partial charge in [0.05, 0.1) is 5.56 Å². The SMILES string of the molecule is Cc1cc(C(C)(C)C)c(O)c(C(C)(C)C)c1.O=C(O)c1ccccc1. The molecule has 0 radical (unpaired) electrons. The first-order chi connectivity index (χ1) is 11.3. The van der Waals surface area contributed by atoms with Gasteiger partial charge in [-0.15, -0.1) is 0 Å². The summed E-state index contributed by atoms with van der Waals surface area (Å²) in [6.45, 7) is 14.9. The Kier molecular flexibility index (Phi) is 6.42. The minimum absolute atomic E-state index is 0.0178. The van der Waals surface area contributed by atoms with Crippen LogP contribution in [0.5, 0.6) is 5.75 Å². The fraction of sp³-hybridized carbons (Fsp3) is 0.409. The summed E-state index contributed by atoms with van der Waals surface area (Å²) in [5, 5.41) is 18.8. The molecule has 0 spiro atoms. The zero-order valence-electron chi connectivity index (χ0n) is 16.3. The molecule has 2 rings (SSSR count). The number of phenolic OH excluding ortho intramolecular Hbond substituents is 1. The third-order valence-corrected chi connectivity index (χ3v) is 3.89. The zero-order chi connectivity index (χ0) is 19.4. The molecule has 0 fully saturated rings. The second-order valence-electron chi connectivity index (χ2n) is 8.38. The highest BCUT2D eigenvalue weighted by Gasteiger charge is 2.25. The molecule has 2 aromatic rings. The van der Waals surface area contributed by atoms with Crippen molar-refractivity contribution in [3.63, 3.8) is 0 Å². The summed E-state index contributed by atoms with van der Waals surface area (Å²) in [6.07, 6.45) is 0. The molecule has 25 heavy (non-hydrogen) atoms. The zero-order valence-corrected chi connectivity index (χ0v) is 16.3. The topological polar surface area (TPSA) is 57.5 Å². The number of hydrogen-bond acceptors (Lipinski definition) is 2. The Balaban J connectivity index is 0.000000293. The average molecular weight is 342 g/mol. The monoisotopic (exact) mass is 342 g/mol. The predicted octanol–water partition coefficient (Wildman–Crippen LogP) is 5.68. The van der Waals surface area contributed by atoms with E-state index in [1.54, 1.807) is 30.3 Å². The number of hydrogen-bond donors (Lipinski definition) is 2. The van der Waals surface area contributed by atoms with Crippen LogP contribution in [-0.2, 0) is 10.8 Å². The molecule has 0 aromatic heterocycles. The molecule has 0 saturated heterocycles. The van der Waals surface area contributed by atoms with E-state index in [1.165, 1.54) is 5.56 Å². The number of aromatic hydroxyl groups is 1. The van der Waals surface area contributed by atoms with Crippen LogP contribution < -0.4 is 0 Å². The number of carbonyl (C=O) groups is 1. The van der Waals surface area contributed by atoms with Crippen molar-refractivity contribution in [1.29, 1.82) is 0 Å². The molecular formula is C22H30O3. The van der Waals surface area contributed by atoms with Crippen LogP contribution in [0, 0.1) is 6.92 Å². The molecule has 3 heteroatoms. The molecule has 3 nitrogen and oxygen atoms in total. The largest absolute Gasteiger partial charge is 0.507 e. The van der Waals surface area contributed by atoms with Crippen LogP contribution in [0.15, 0.2) is 42.5 Å². The summed E-state index contributed by atoms with van der Waals surface area (Å²) in [4.78, 5) is 10.2. The summed E-state index contributed by atoms with van der Waals surface area (Å²) in [7, 11) is 0. The van der Waals surface area contributed by atoms with E-state index < -0.39 is 5.97 Å². The summed E-state index contributed by atoms with van der Waals surface area (Å²) >= 11 is 0. The molecule has 136 valence electrons. The number of benzene rings is 2. The molecule has 2 aromatic carbocycles. The van der Waals surface area contributed by atoms with E-state index in [1.807, 2.05) is 0 Å². The molecule has 0 amide bonds. The minimum atomic E-state index is -0.879. The van der Waals surface area contributed by atoms with Gasteiger partial charge < -0.3 is 10.2 Å². The van der Waals surface area contributed by atoms with E-state index >= 15 is 0 Å². The molecular weight excluding hydrogens is 312 g/mol. The van der Waals surface area contributed by atoms with Gasteiger partial charge in [0, 0.05) is 0 Å². The Bertz CT molecular complexity index is 682. The van der Waals surface area contributed by atoms with Crippen molar-refractivity contribution in [2.24, 2.45) is 0 Å². The van der Waals surface area contributed by atoms with Crippen LogP contribution in [0.4, 0.5) is 0 Å². The Morgan fingerprint density at radius 1 is 0.840 bits per heavy atom. The summed E-state index contributed by atoms with van der Waals surface area (Å²) in [6, 6.07) is 12.5. The summed E-state index contributed by atoms with van der Waals surface area (Å²) in [5.41, 5.74) is 3.59. The second kappa shape index (κ2) is 7.73. The Morgan fingerprint density at radius 2 is 1.24 bits per heavy atom. The molecule has 0 atom stereocenters. The molecule has 0 saturated carbocycles. The molecule has 0 aliphatic rings. The normalized spacial score (nSPS) is 11.5. The standard InChI is InChI=1S/C15H24O.C7H6O2/c1-10-8-11(14(2,3)4)13(16)12(9-10)15(5,6)7;8-7(9)6-4-2-1-3-5-6/h8-9,16H,1-7H3;1-5H,(H,8,9). The van der Waals surface area contributed by atoms with Gasteiger partial charge in [0.15, 0.2) is 0 Å². The van der Waals surface area contributed by atoms with E-state index in [9.17, 15) is 9.90 Å². The highest BCUT2D eigenvalue weighted by Crippen LogP contribution is 2.39. The smallest absolute Gasteiger partial charge is 0.335 e. The number of carboxylic acids is 1. The van der Waals surface area contributed by atoms with Crippen molar-refractivity contribution < 1.29 is 15.0 Å². The van der Waals surface area contributed by atoms with Crippen LogP contribution in [-0.4, -0.2) is 16.2 Å². The number of aryl methyl sites for hydroxylation is 1. The van der Waals surface area contributed by atoms with Crippen molar-refractivity contribution in [3.05, 3.63) is 64.7 Å². The summed E-state index contributed by atoms with van der Waals surface area (Å²) in [5.74, 6) is -0.416. The fourth-order valence-electron chi connectivity index (χ4n) is 2.50. The van der Waals surface area contributed by atoms with E-state index in [0.717, 1.165) is 11.1 Å². The summed E-state index contributed by atoms with van der Waals surface area (Å²) < 4.78 is 0. The van der Waals surface area contributed by atoms with Crippen LogP contribution in [0.1, 0.15) is 68.6 Å². The molecule has 2 N–H and O–H groups in total. The van der Waals surface area contributed by atoms with Crippen molar-refractivity contribution >= 4 is 5.97 Å². The fourth-order valence-corrected chi connectivity index (χ4v) is 2.50. The van der Waals surface area contributed by atoms with Crippen molar-refractivity contribution in [2.45, 2.75) is 59.3 Å². The Hall–Kier alpha value is -2.29. The molecule has 0 unspecified atom stereocenters. The first-order valence-corrected chi connectivity index (χ1v) is 8.47. The van der Waals surface area contributed by atoms with Gasteiger partial charge in [-0.1, -0.05) is 77.4 Å². The van der Waals surface area contributed by atoms with Gasteiger partial charge in [-0.25, -0.2) is 4.79 Å². The lowest BCUT2D eigenvalue weighted by Gasteiger charge is -2.27. The maximum absolute atomic E-state index is 10.4. The van der Waals surface area contributed by atoms with Crippen molar-refractivity contribution in [3.8, 4) is 5.75 Å². The predicted molar refractivity (Wildman–Crippen MR) is 104 cm³/mol. The maximum Gasteiger partial charge on any atom is 0.335 e.